The molecular formula is C14H19ClO4. The minimum atomic E-state index is -0.492. The highest BCUT2D eigenvalue weighted by Crippen LogP contribution is 2.34. The van der Waals surface area contributed by atoms with Crippen molar-refractivity contribution in [2.45, 2.75) is 26.7 Å². The third-order valence-electron chi connectivity index (χ3n) is 2.36. The molecule has 1 rings (SSSR count). The van der Waals surface area contributed by atoms with Gasteiger partial charge in [-0.2, -0.15) is 0 Å². The molecule has 106 valence electrons. The van der Waals surface area contributed by atoms with Crippen LogP contribution in [0.5, 0.6) is 11.5 Å². The van der Waals surface area contributed by atoms with Gasteiger partial charge in [0.15, 0.2) is 11.5 Å². The second-order valence-corrected chi connectivity index (χ2v) is 4.37. The second kappa shape index (κ2) is 7.89. The van der Waals surface area contributed by atoms with Crippen molar-refractivity contribution < 1.29 is 19.0 Å². The Morgan fingerprint density at radius 3 is 2.11 bits per heavy atom. The van der Waals surface area contributed by atoms with E-state index in [4.69, 9.17) is 21.1 Å². The Labute approximate surface area is 118 Å². The molecule has 0 heterocycles. The predicted molar refractivity (Wildman–Crippen MR) is 74.4 cm³/mol. The summed E-state index contributed by atoms with van der Waals surface area (Å²) in [6.45, 7) is 5.13. The van der Waals surface area contributed by atoms with Crippen LogP contribution in [0.4, 0.5) is 0 Å². The molecule has 0 N–H and O–H groups in total. The molecule has 0 fully saturated rings. The highest BCUT2D eigenvalue weighted by molar-refractivity contribution is 6.33. The SMILES string of the molecule is CCCOc1cc(Cl)c(C(=O)OC)cc1OCCC. The Morgan fingerprint density at radius 1 is 1.11 bits per heavy atom. The monoisotopic (exact) mass is 286 g/mol. The van der Waals surface area contributed by atoms with Crippen LogP contribution in [-0.4, -0.2) is 26.3 Å². The van der Waals surface area contributed by atoms with E-state index in [0.29, 0.717) is 29.7 Å². The Bertz CT molecular complexity index is 432. The lowest BCUT2D eigenvalue weighted by Gasteiger charge is -2.14. The molecular weight excluding hydrogens is 268 g/mol. The van der Waals surface area contributed by atoms with Gasteiger partial charge in [0, 0.05) is 12.1 Å². The Morgan fingerprint density at radius 2 is 1.63 bits per heavy atom. The lowest BCUT2D eigenvalue weighted by atomic mass is 10.2. The lowest BCUT2D eigenvalue weighted by Crippen LogP contribution is -2.06. The molecule has 5 heteroatoms. The smallest absolute Gasteiger partial charge is 0.339 e. The highest BCUT2D eigenvalue weighted by Gasteiger charge is 2.16. The standard InChI is InChI=1S/C14H19ClO4/c1-4-6-18-12-8-10(14(16)17-3)11(15)9-13(12)19-7-5-2/h8-9H,4-7H2,1-3H3. The molecule has 0 bridgehead atoms. The second-order valence-electron chi connectivity index (χ2n) is 3.97. The lowest BCUT2D eigenvalue weighted by molar-refractivity contribution is 0.0600. The number of benzene rings is 1. The van der Waals surface area contributed by atoms with Crippen LogP contribution in [-0.2, 0) is 4.74 Å². The van der Waals surface area contributed by atoms with Gasteiger partial charge in [0.25, 0.3) is 0 Å². The number of methoxy groups -OCH3 is 1. The first-order valence-corrected chi connectivity index (χ1v) is 6.69. The molecule has 1 aromatic carbocycles. The van der Waals surface area contributed by atoms with Crippen LogP contribution in [0.3, 0.4) is 0 Å². The van der Waals surface area contributed by atoms with Crippen molar-refractivity contribution >= 4 is 17.6 Å². The molecule has 0 radical (unpaired) electrons. The van der Waals surface area contributed by atoms with Gasteiger partial charge >= 0.3 is 5.97 Å². The molecule has 1 aromatic rings. The van der Waals surface area contributed by atoms with Crippen LogP contribution in [0.1, 0.15) is 37.0 Å². The molecule has 19 heavy (non-hydrogen) atoms. The minimum Gasteiger partial charge on any atom is -0.490 e. The first-order valence-electron chi connectivity index (χ1n) is 6.31. The molecule has 0 atom stereocenters. The van der Waals surface area contributed by atoms with Gasteiger partial charge < -0.3 is 14.2 Å². The zero-order valence-electron chi connectivity index (χ0n) is 11.5. The summed E-state index contributed by atoms with van der Waals surface area (Å²) >= 11 is 6.05. The van der Waals surface area contributed by atoms with E-state index in [9.17, 15) is 4.79 Å². The number of halogens is 1. The highest BCUT2D eigenvalue weighted by atomic mass is 35.5. The molecule has 0 aromatic heterocycles. The summed E-state index contributed by atoms with van der Waals surface area (Å²) in [5.41, 5.74) is 0.277. The van der Waals surface area contributed by atoms with Crippen molar-refractivity contribution in [1.82, 2.24) is 0 Å². The number of hydrogen-bond acceptors (Lipinski definition) is 4. The average molecular weight is 287 g/mol. The van der Waals surface area contributed by atoms with Gasteiger partial charge in [-0.25, -0.2) is 4.79 Å². The number of carbonyl (C=O) groups excluding carboxylic acids is 1. The summed E-state index contributed by atoms with van der Waals surface area (Å²) in [7, 11) is 1.31. The molecule has 4 nitrogen and oxygen atoms in total. The quantitative estimate of drug-likeness (QED) is 0.717. The number of rotatable bonds is 7. The number of ether oxygens (including phenoxy) is 3. The summed E-state index contributed by atoms with van der Waals surface area (Å²) in [5.74, 6) is 0.571. The van der Waals surface area contributed by atoms with Crippen LogP contribution in [0, 0.1) is 0 Å². The Hall–Kier alpha value is -1.42. The molecule has 0 aliphatic carbocycles. The van der Waals surface area contributed by atoms with Gasteiger partial charge in [-0.3, -0.25) is 0 Å². The Balaban J connectivity index is 3.08. The number of carbonyl (C=O) groups is 1. The van der Waals surface area contributed by atoms with E-state index >= 15 is 0 Å². The fraction of sp³-hybridized carbons (Fsp3) is 0.500. The summed E-state index contributed by atoms with van der Waals surface area (Å²) in [6.07, 6.45) is 1.74. The van der Waals surface area contributed by atoms with Crippen LogP contribution in [0.25, 0.3) is 0 Å². The largest absolute Gasteiger partial charge is 0.490 e. The van der Waals surface area contributed by atoms with Gasteiger partial charge in [-0.15, -0.1) is 0 Å². The van der Waals surface area contributed by atoms with E-state index < -0.39 is 5.97 Å². The van der Waals surface area contributed by atoms with Crippen molar-refractivity contribution in [3.8, 4) is 11.5 Å². The van der Waals surface area contributed by atoms with Gasteiger partial charge in [0.1, 0.15) is 0 Å². The van der Waals surface area contributed by atoms with Crippen molar-refractivity contribution in [3.63, 3.8) is 0 Å². The van der Waals surface area contributed by atoms with Crippen molar-refractivity contribution in [2.75, 3.05) is 20.3 Å². The maximum absolute atomic E-state index is 11.6. The number of hydrogen-bond donors (Lipinski definition) is 0. The minimum absolute atomic E-state index is 0.277. The van der Waals surface area contributed by atoms with Crippen LogP contribution < -0.4 is 9.47 Å². The zero-order valence-corrected chi connectivity index (χ0v) is 12.3. The van der Waals surface area contributed by atoms with E-state index in [1.54, 1.807) is 12.1 Å². The normalized spacial score (nSPS) is 10.1. The van der Waals surface area contributed by atoms with Gasteiger partial charge in [-0.1, -0.05) is 25.4 Å². The topological polar surface area (TPSA) is 44.8 Å². The molecule has 0 saturated carbocycles. The van der Waals surface area contributed by atoms with Gasteiger partial charge in [0.05, 0.1) is 30.9 Å². The first kappa shape index (κ1) is 15.6. The molecule has 0 saturated heterocycles. The zero-order chi connectivity index (χ0) is 14.3. The molecule has 0 unspecified atom stereocenters. The van der Waals surface area contributed by atoms with Crippen molar-refractivity contribution in [3.05, 3.63) is 22.7 Å². The van der Waals surface area contributed by atoms with Gasteiger partial charge in [0.2, 0.25) is 0 Å². The molecule has 0 aliphatic rings. The molecule has 0 amide bonds. The summed E-state index contributed by atoms with van der Waals surface area (Å²) in [5, 5.41) is 0.293. The van der Waals surface area contributed by atoms with Crippen LogP contribution in [0.15, 0.2) is 12.1 Å². The average Bonchev–Trinajstić information content (AvgIpc) is 2.43. The summed E-state index contributed by atoms with van der Waals surface area (Å²) in [4.78, 5) is 11.6. The third-order valence-corrected chi connectivity index (χ3v) is 2.67. The van der Waals surface area contributed by atoms with E-state index in [1.807, 2.05) is 13.8 Å². The Kier molecular flexibility index (Phi) is 6.50. The van der Waals surface area contributed by atoms with E-state index in [-0.39, 0.29) is 5.56 Å². The van der Waals surface area contributed by atoms with E-state index in [0.717, 1.165) is 12.8 Å². The van der Waals surface area contributed by atoms with E-state index in [1.165, 1.54) is 7.11 Å². The first-order chi connectivity index (χ1) is 9.13. The summed E-state index contributed by atoms with van der Waals surface area (Å²) in [6, 6.07) is 3.16. The maximum atomic E-state index is 11.6. The van der Waals surface area contributed by atoms with Crippen molar-refractivity contribution in [2.24, 2.45) is 0 Å². The molecule has 0 aliphatic heterocycles. The summed E-state index contributed by atoms with van der Waals surface area (Å²) < 4.78 is 15.8. The predicted octanol–water partition coefficient (Wildman–Crippen LogP) is 3.70. The van der Waals surface area contributed by atoms with Crippen LogP contribution in [0.2, 0.25) is 5.02 Å². The molecule has 0 spiro atoms. The van der Waals surface area contributed by atoms with Crippen LogP contribution >= 0.6 is 11.6 Å². The number of esters is 1. The maximum Gasteiger partial charge on any atom is 0.339 e. The van der Waals surface area contributed by atoms with E-state index in [2.05, 4.69) is 4.74 Å². The fourth-order valence-corrected chi connectivity index (χ4v) is 1.68. The van der Waals surface area contributed by atoms with Crippen molar-refractivity contribution in [1.29, 1.82) is 0 Å². The fourth-order valence-electron chi connectivity index (χ4n) is 1.45. The van der Waals surface area contributed by atoms with Gasteiger partial charge in [-0.05, 0) is 12.8 Å². The third kappa shape index (κ3) is 4.31.